The summed E-state index contributed by atoms with van der Waals surface area (Å²) in [6.07, 6.45) is 0. The summed E-state index contributed by atoms with van der Waals surface area (Å²) in [6.45, 7) is 0. The van der Waals surface area contributed by atoms with E-state index in [4.69, 9.17) is 0 Å². The van der Waals surface area contributed by atoms with E-state index in [2.05, 4.69) is 109 Å². The molecular weight excluding hydrogens is 384 g/mol. The van der Waals surface area contributed by atoms with Gasteiger partial charge in [0.2, 0.25) is 0 Å². The van der Waals surface area contributed by atoms with E-state index in [0.29, 0.717) is 0 Å². The molecule has 0 atom stereocenters. The van der Waals surface area contributed by atoms with Gasteiger partial charge in [-0.25, -0.2) is 0 Å². The monoisotopic (exact) mass is 402 g/mol. The highest BCUT2D eigenvalue weighted by atomic mass is 14.2. The Morgan fingerprint density at radius 1 is 0.250 bits per heavy atom. The molecule has 0 amide bonds. The van der Waals surface area contributed by atoms with E-state index in [9.17, 15) is 0 Å². The van der Waals surface area contributed by atoms with Crippen molar-refractivity contribution >= 4 is 75.4 Å². The van der Waals surface area contributed by atoms with Crippen molar-refractivity contribution in [1.29, 1.82) is 0 Å². The topological polar surface area (TPSA) is 0 Å². The van der Waals surface area contributed by atoms with Crippen molar-refractivity contribution in [2.75, 3.05) is 0 Å². The van der Waals surface area contributed by atoms with Crippen molar-refractivity contribution in [3.05, 3.63) is 109 Å². The number of benzene rings is 8. The molecule has 0 aliphatic heterocycles. The summed E-state index contributed by atoms with van der Waals surface area (Å²) in [6, 6.07) is 40.8. The van der Waals surface area contributed by atoms with Crippen LogP contribution in [0.4, 0.5) is 0 Å². The lowest BCUT2D eigenvalue weighted by atomic mass is 9.89. The Morgan fingerprint density at radius 2 is 0.750 bits per heavy atom. The standard InChI is InChI=1S/C32H18/c1-2-5-22-13-25-16-27-18-30-28(17-26(27)15-24(25)12-21(22)4-1)14-23-9-8-19-6-3-7-20-10-11-29(30)32(23)31(19)20/h1-18H. The number of rotatable bonds is 0. The molecule has 32 heavy (non-hydrogen) atoms. The second-order valence-electron chi connectivity index (χ2n) is 9.05. The Balaban J connectivity index is 1.54. The Hall–Kier alpha value is -4.16. The Labute approximate surface area is 184 Å². The average molecular weight is 402 g/mol. The van der Waals surface area contributed by atoms with Gasteiger partial charge in [-0.05, 0) is 118 Å². The lowest BCUT2D eigenvalue weighted by Crippen LogP contribution is -1.86. The third kappa shape index (κ3) is 2.11. The second-order valence-corrected chi connectivity index (χ2v) is 9.05. The molecule has 8 aromatic carbocycles. The van der Waals surface area contributed by atoms with Crippen LogP contribution in [-0.2, 0) is 0 Å². The summed E-state index contributed by atoms with van der Waals surface area (Å²) in [5.41, 5.74) is 0. The smallest absolute Gasteiger partial charge is 0.00203 e. The largest absolute Gasteiger partial charge is 0.0616 e. The molecule has 0 N–H and O–H groups in total. The van der Waals surface area contributed by atoms with Crippen LogP contribution in [0, 0.1) is 0 Å². The quantitative estimate of drug-likeness (QED) is 0.175. The predicted octanol–water partition coefficient (Wildman–Crippen LogP) is 9.20. The second kappa shape index (κ2) is 5.75. The zero-order valence-electron chi connectivity index (χ0n) is 17.4. The summed E-state index contributed by atoms with van der Waals surface area (Å²) in [5.74, 6) is 0. The molecule has 8 aromatic rings. The first kappa shape index (κ1) is 16.5. The van der Waals surface area contributed by atoms with Gasteiger partial charge in [-0.2, -0.15) is 0 Å². The first-order valence-corrected chi connectivity index (χ1v) is 11.2. The Kier molecular flexibility index (Phi) is 2.97. The lowest BCUT2D eigenvalue weighted by Gasteiger charge is -2.14. The summed E-state index contributed by atoms with van der Waals surface area (Å²) in [7, 11) is 0. The van der Waals surface area contributed by atoms with E-state index in [1.807, 2.05) is 0 Å². The fraction of sp³-hybridized carbons (Fsp3) is 0. The molecule has 0 bridgehead atoms. The summed E-state index contributed by atoms with van der Waals surface area (Å²) in [4.78, 5) is 0. The van der Waals surface area contributed by atoms with Gasteiger partial charge in [0.25, 0.3) is 0 Å². The van der Waals surface area contributed by atoms with Crippen LogP contribution in [0.15, 0.2) is 109 Å². The van der Waals surface area contributed by atoms with E-state index in [1.165, 1.54) is 75.4 Å². The third-order valence-electron chi connectivity index (χ3n) is 7.24. The SMILES string of the molecule is c1ccc2cc3cc4cc5c(cc4cc3cc2c1)cc1ccc2cccc3ccc5c1c23. The maximum absolute atomic E-state index is 2.39. The molecule has 0 spiro atoms. The summed E-state index contributed by atoms with van der Waals surface area (Å²) in [5, 5.41) is 18.5. The number of fused-ring (bicyclic) bond motifs is 5. The highest BCUT2D eigenvalue weighted by molar-refractivity contribution is 6.29. The fourth-order valence-corrected chi connectivity index (χ4v) is 5.74. The molecule has 0 fully saturated rings. The molecule has 146 valence electrons. The summed E-state index contributed by atoms with van der Waals surface area (Å²) >= 11 is 0. The van der Waals surface area contributed by atoms with Crippen LogP contribution in [0.3, 0.4) is 0 Å². The summed E-state index contributed by atoms with van der Waals surface area (Å²) < 4.78 is 0. The molecule has 0 saturated heterocycles. The highest BCUT2D eigenvalue weighted by Gasteiger charge is 2.12. The first-order chi connectivity index (χ1) is 15.8. The van der Waals surface area contributed by atoms with E-state index in [0.717, 1.165) is 0 Å². The van der Waals surface area contributed by atoms with Crippen LogP contribution >= 0.6 is 0 Å². The van der Waals surface area contributed by atoms with Crippen molar-refractivity contribution in [3.63, 3.8) is 0 Å². The van der Waals surface area contributed by atoms with Crippen LogP contribution in [0.25, 0.3) is 75.4 Å². The van der Waals surface area contributed by atoms with Crippen molar-refractivity contribution in [1.82, 2.24) is 0 Å². The number of hydrogen-bond donors (Lipinski definition) is 0. The Bertz CT molecular complexity index is 2010. The van der Waals surface area contributed by atoms with Gasteiger partial charge in [-0.3, -0.25) is 0 Å². The maximum Gasteiger partial charge on any atom is -0.00203 e. The molecule has 0 heterocycles. The zero-order valence-corrected chi connectivity index (χ0v) is 17.4. The van der Waals surface area contributed by atoms with Gasteiger partial charge in [-0.1, -0.05) is 66.7 Å². The van der Waals surface area contributed by atoms with Crippen molar-refractivity contribution in [2.24, 2.45) is 0 Å². The molecule has 0 aliphatic carbocycles. The van der Waals surface area contributed by atoms with Crippen LogP contribution in [0.5, 0.6) is 0 Å². The van der Waals surface area contributed by atoms with E-state index < -0.39 is 0 Å². The normalized spacial score (nSPS) is 12.4. The fourth-order valence-electron chi connectivity index (χ4n) is 5.74. The molecule has 0 saturated carbocycles. The van der Waals surface area contributed by atoms with Gasteiger partial charge in [-0.15, -0.1) is 0 Å². The number of hydrogen-bond acceptors (Lipinski definition) is 0. The van der Waals surface area contributed by atoms with Gasteiger partial charge in [0.1, 0.15) is 0 Å². The average Bonchev–Trinajstić information content (AvgIpc) is 2.83. The molecular formula is C32H18. The van der Waals surface area contributed by atoms with Gasteiger partial charge < -0.3 is 0 Å². The van der Waals surface area contributed by atoms with E-state index in [1.54, 1.807) is 0 Å². The maximum atomic E-state index is 2.39. The van der Waals surface area contributed by atoms with Crippen LogP contribution in [0.2, 0.25) is 0 Å². The minimum absolute atomic E-state index is 1.29. The minimum Gasteiger partial charge on any atom is -0.0616 e. The molecule has 0 heteroatoms. The van der Waals surface area contributed by atoms with Crippen molar-refractivity contribution < 1.29 is 0 Å². The predicted molar refractivity (Wildman–Crippen MR) is 140 cm³/mol. The first-order valence-electron chi connectivity index (χ1n) is 11.2. The molecule has 0 radical (unpaired) electrons. The van der Waals surface area contributed by atoms with Gasteiger partial charge in [0.15, 0.2) is 0 Å². The van der Waals surface area contributed by atoms with Gasteiger partial charge in [0, 0.05) is 0 Å². The molecule has 0 nitrogen and oxygen atoms in total. The third-order valence-corrected chi connectivity index (χ3v) is 7.24. The zero-order chi connectivity index (χ0) is 20.8. The molecule has 0 aliphatic rings. The minimum atomic E-state index is 1.29. The van der Waals surface area contributed by atoms with E-state index >= 15 is 0 Å². The van der Waals surface area contributed by atoms with Gasteiger partial charge in [0.05, 0.1) is 0 Å². The van der Waals surface area contributed by atoms with Crippen LogP contribution < -0.4 is 0 Å². The highest BCUT2D eigenvalue weighted by Crippen LogP contribution is 2.40. The molecule has 8 rings (SSSR count). The van der Waals surface area contributed by atoms with Crippen molar-refractivity contribution in [3.8, 4) is 0 Å². The van der Waals surface area contributed by atoms with Crippen LogP contribution in [-0.4, -0.2) is 0 Å². The molecule has 0 aromatic heterocycles. The Morgan fingerprint density at radius 3 is 1.47 bits per heavy atom. The van der Waals surface area contributed by atoms with E-state index in [-0.39, 0.29) is 0 Å². The lowest BCUT2D eigenvalue weighted by molar-refractivity contribution is 1.79. The van der Waals surface area contributed by atoms with Gasteiger partial charge >= 0.3 is 0 Å². The molecule has 0 unspecified atom stereocenters. The van der Waals surface area contributed by atoms with Crippen LogP contribution in [0.1, 0.15) is 0 Å². The van der Waals surface area contributed by atoms with Crippen molar-refractivity contribution in [2.45, 2.75) is 0 Å².